The van der Waals surface area contributed by atoms with Crippen LogP contribution in [0.15, 0.2) is 194 Å². The maximum atomic E-state index is 7.11. The van der Waals surface area contributed by atoms with Crippen molar-refractivity contribution in [3.63, 3.8) is 0 Å². The van der Waals surface area contributed by atoms with Crippen LogP contribution >= 0.6 is 0 Å². The number of imidazole rings is 1. The van der Waals surface area contributed by atoms with Crippen LogP contribution in [0.4, 0.5) is 0 Å². The monoisotopic (exact) mass is 902 g/mol. The summed E-state index contributed by atoms with van der Waals surface area (Å²) in [6.07, 6.45) is 7.90. The van der Waals surface area contributed by atoms with Gasteiger partial charge in [-0.3, -0.25) is 13.7 Å². The van der Waals surface area contributed by atoms with Gasteiger partial charge in [-0.25, -0.2) is 4.98 Å². The molecule has 0 fully saturated rings. The lowest BCUT2D eigenvalue weighted by atomic mass is 9.78. The number of hydrogen-bond acceptors (Lipinski definition) is 2. The van der Waals surface area contributed by atoms with Gasteiger partial charge in [-0.2, -0.15) is 0 Å². The van der Waals surface area contributed by atoms with Crippen molar-refractivity contribution < 1.29 is 9.30 Å². The first-order chi connectivity index (χ1) is 32.9. The molecule has 69 heavy (non-hydrogen) atoms. The Hall–Kier alpha value is -7.50. The van der Waals surface area contributed by atoms with Gasteiger partial charge in [0.05, 0.1) is 28.1 Å². The van der Waals surface area contributed by atoms with Crippen LogP contribution < -0.4 is 9.30 Å². The summed E-state index contributed by atoms with van der Waals surface area (Å²) >= 11 is 0. The fourth-order valence-electron chi connectivity index (χ4n) is 9.65. The van der Waals surface area contributed by atoms with E-state index in [1.54, 1.807) is 0 Å². The summed E-state index contributed by atoms with van der Waals surface area (Å²) < 4.78 is 13.7. The smallest absolute Gasteiger partial charge is 0.269 e. The Balaban J connectivity index is 1.14. The molecule has 0 N–H and O–H groups in total. The molecule has 7 aromatic carbocycles. The maximum absolute atomic E-state index is 7.11. The first-order valence-corrected chi connectivity index (χ1v) is 24.2. The molecule has 3 aromatic heterocycles. The third kappa shape index (κ3) is 8.67. The van der Waals surface area contributed by atoms with Gasteiger partial charge in [0.25, 0.3) is 6.33 Å². The molecule has 5 nitrogen and oxygen atoms in total. The van der Waals surface area contributed by atoms with E-state index in [0.29, 0.717) is 0 Å². The van der Waals surface area contributed by atoms with E-state index in [4.69, 9.17) is 9.72 Å². The Morgan fingerprint density at radius 2 is 1.09 bits per heavy atom. The number of aromatic nitrogens is 4. The van der Waals surface area contributed by atoms with Crippen LogP contribution in [0.5, 0.6) is 11.5 Å². The quantitative estimate of drug-likeness (QED) is 0.101. The molecule has 5 heteroatoms. The predicted octanol–water partition coefficient (Wildman–Crippen LogP) is 15.8. The van der Waals surface area contributed by atoms with Gasteiger partial charge < -0.3 is 4.74 Å². The SMILES string of the molecule is CC(C)(C)c1cccc(-[n+]2[c-]n(-c3cc(Oc4ccc5c6cc(C(C)(C)c7ccccc7)ccc6n(-c6cc(C(C)(C)C)ccn6)c5c4)cc(C(C)(C)c4ccccc4)c3)cc2-c2ccccc2)c1. The Bertz CT molecular complexity index is 3470. The van der Waals surface area contributed by atoms with Crippen molar-refractivity contribution in [2.45, 2.75) is 90.9 Å². The van der Waals surface area contributed by atoms with Gasteiger partial charge in [0.15, 0.2) is 0 Å². The van der Waals surface area contributed by atoms with Gasteiger partial charge in [-0.1, -0.05) is 178 Å². The summed E-state index contributed by atoms with van der Waals surface area (Å²) in [5.74, 6) is 2.35. The van der Waals surface area contributed by atoms with E-state index < -0.39 is 0 Å². The third-order valence-electron chi connectivity index (χ3n) is 14.2. The predicted molar refractivity (Wildman–Crippen MR) is 285 cm³/mol. The third-order valence-corrected chi connectivity index (χ3v) is 14.2. The Kier molecular flexibility index (Phi) is 11.3. The highest BCUT2D eigenvalue weighted by atomic mass is 16.5. The molecule has 0 spiro atoms. The molecule has 0 bridgehead atoms. The van der Waals surface area contributed by atoms with Gasteiger partial charge in [0, 0.05) is 40.1 Å². The summed E-state index contributed by atoms with van der Waals surface area (Å²) in [7, 11) is 0. The number of nitrogens with zero attached hydrogens (tertiary/aromatic N) is 4. The summed E-state index contributed by atoms with van der Waals surface area (Å²) in [5, 5.41) is 2.31. The first-order valence-electron chi connectivity index (χ1n) is 24.2. The zero-order valence-electron chi connectivity index (χ0n) is 41.7. The summed E-state index contributed by atoms with van der Waals surface area (Å²) in [6, 6.07) is 65.3. The van der Waals surface area contributed by atoms with Crippen LogP contribution in [-0.2, 0) is 21.7 Å². The largest absolute Gasteiger partial charge is 0.458 e. The summed E-state index contributed by atoms with van der Waals surface area (Å²) in [6.45, 7) is 22.7. The fraction of sp³-hybridized carbons (Fsp3) is 0.219. The van der Waals surface area contributed by atoms with E-state index in [0.717, 1.165) is 61.9 Å². The first kappa shape index (κ1) is 45.3. The van der Waals surface area contributed by atoms with Gasteiger partial charge in [0.2, 0.25) is 0 Å². The number of ether oxygens (including phenoxy) is 1. The topological polar surface area (TPSA) is 35.9 Å². The number of fused-ring (bicyclic) bond motifs is 3. The van der Waals surface area contributed by atoms with Gasteiger partial charge in [-0.05, 0) is 117 Å². The minimum absolute atomic E-state index is 0.0117. The molecule has 0 amide bonds. The van der Waals surface area contributed by atoms with Crippen molar-refractivity contribution in [3.8, 4) is 39.9 Å². The Labute approximate surface area is 408 Å². The zero-order chi connectivity index (χ0) is 48.3. The minimum Gasteiger partial charge on any atom is -0.458 e. The number of rotatable bonds is 10. The standard InChI is InChI=1S/C64H62N4O/c1-61(2,3)47-27-20-28-51(35-47)67-43-66(42-59(67)44-21-14-11-15-22-44)52-36-50(64(9,10)46-25-18-13-19-26-46)37-54(40-52)69-53-30-31-55-56-38-49(63(7,8)45-23-16-12-17-24-45)29-32-57(56)68(58(55)41-53)60-39-48(33-34-65-60)62(4,5)6/h11-42H,1-10H3. The molecule has 0 aliphatic rings. The van der Waals surface area contributed by atoms with Crippen LogP contribution in [0.2, 0.25) is 0 Å². The highest BCUT2D eigenvalue weighted by Crippen LogP contribution is 2.41. The molecule has 10 rings (SSSR count). The van der Waals surface area contributed by atoms with Crippen molar-refractivity contribution in [2.75, 3.05) is 0 Å². The normalized spacial score (nSPS) is 12.5. The molecule has 0 radical (unpaired) electrons. The molecule has 344 valence electrons. The number of hydrogen-bond donors (Lipinski definition) is 0. The lowest BCUT2D eigenvalue weighted by Gasteiger charge is -2.27. The van der Waals surface area contributed by atoms with E-state index in [2.05, 4.69) is 277 Å². The summed E-state index contributed by atoms with van der Waals surface area (Å²) in [5.41, 5.74) is 13.0. The van der Waals surface area contributed by atoms with Crippen molar-refractivity contribution in [1.29, 1.82) is 0 Å². The molecule has 0 aliphatic heterocycles. The van der Waals surface area contributed by atoms with E-state index in [1.807, 2.05) is 6.20 Å². The van der Waals surface area contributed by atoms with Gasteiger partial charge >= 0.3 is 0 Å². The van der Waals surface area contributed by atoms with Crippen molar-refractivity contribution in [1.82, 2.24) is 14.1 Å². The maximum Gasteiger partial charge on any atom is 0.269 e. The van der Waals surface area contributed by atoms with Crippen LogP contribution in [0.1, 0.15) is 103 Å². The van der Waals surface area contributed by atoms with E-state index in [9.17, 15) is 0 Å². The van der Waals surface area contributed by atoms with E-state index >= 15 is 0 Å². The average molecular weight is 903 g/mol. The van der Waals surface area contributed by atoms with E-state index in [-0.39, 0.29) is 21.7 Å². The van der Waals surface area contributed by atoms with Crippen LogP contribution in [-0.4, -0.2) is 14.1 Å². The second-order valence-corrected chi connectivity index (χ2v) is 21.7. The molecule has 0 aliphatic carbocycles. The Morgan fingerprint density at radius 1 is 0.464 bits per heavy atom. The molecule has 10 aromatic rings. The molecule has 0 saturated carbocycles. The van der Waals surface area contributed by atoms with Crippen molar-refractivity contribution >= 4 is 21.8 Å². The van der Waals surface area contributed by atoms with Crippen LogP contribution in [0.3, 0.4) is 0 Å². The molecule has 3 heterocycles. The zero-order valence-corrected chi connectivity index (χ0v) is 41.7. The van der Waals surface area contributed by atoms with Crippen LogP contribution in [0.25, 0.3) is 50.3 Å². The van der Waals surface area contributed by atoms with Gasteiger partial charge in [0.1, 0.15) is 17.3 Å². The Morgan fingerprint density at radius 3 is 1.75 bits per heavy atom. The van der Waals surface area contributed by atoms with Gasteiger partial charge in [-0.15, -0.1) is 0 Å². The second-order valence-electron chi connectivity index (χ2n) is 21.7. The fourth-order valence-corrected chi connectivity index (χ4v) is 9.65. The lowest BCUT2D eigenvalue weighted by molar-refractivity contribution is -0.588. The molecular weight excluding hydrogens is 841 g/mol. The molecule has 0 saturated heterocycles. The second kappa shape index (κ2) is 17.2. The van der Waals surface area contributed by atoms with Crippen molar-refractivity contribution in [2.24, 2.45) is 0 Å². The van der Waals surface area contributed by atoms with E-state index in [1.165, 1.54) is 33.2 Å². The molecule has 0 atom stereocenters. The number of pyridine rings is 1. The van der Waals surface area contributed by atoms with Crippen LogP contribution in [0, 0.1) is 6.33 Å². The number of benzene rings is 7. The lowest BCUT2D eigenvalue weighted by Crippen LogP contribution is -2.32. The highest BCUT2D eigenvalue weighted by Gasteiger charge is 2.28. The van der Waals surface area contributed by atoms with Crippen molar-refractivity contribution in [3.05, 3.63) is 234 Å². The summed E-state index contributed by atoms with van der Waals surface area (Å²) in [4.78, 5) is 5.02. The highest BCUT2D eigenvalue weighted by molar-refractivity contribution is 6.10. The molecule has 0 unspecified atom stereocenters. The minimum atomic E-state index is -0.354. The molecular formula is C64H62N4O. The average Bonchev–Trinajstić information content (AvgIpc) is 3.94.